The van der Waals surface area contributed by atoms with Gasteiger partial charge in [0.05, 0.1) is 23.0 Å². The van der Waals surface area contributed by atoms with Crippen molar-refractivity contribution in [1.82, 2.24) is 25.6 Å². The fraction of sp³-hybridized carbons (Fsp3) is 0.240. The maximum Gasteiger partial charge on any atom is 0.335 e. The number of rotatable bonds is 9. The molecule has 1 aliphatic heterocycles. The molecule has 4 rings (SSSR count). The average molecular weight is 474 g/mol. The summed E-state index contributed by atoms with van der Waals surface area (Å²) < 4.78 is 0. The van der Waals surface area contributed by atoms with Crippen LogP contribution in [0.25, 0.3) is 11.4 Å². The Balaban J connectivity index is 1.63. The zero-order valence-corrected chi connectivity index (χ0v) is 19.4. The summed E-state index contributed by atoms with van der Waals surface area (Å²) >= 11 is 0. The summed E-state index contributed by atoms with van der Waals surface area (Å²) in [5.74, 6) is -0.346. The van der Waals surface area contributed by atoms with Crippen molar-refractivity contribution in [1.29, 1.82) is 0 Å². The highest BCUT2D eigenvalue weighted by molar-refractivity contribution is 5.96. The van der Waals surface area contributed by atoms with E-state index in [9.17, 15) is 9.59 Å². The maximum absolute atomic E-state index is 12.0. The zero-order valence-electron chi connectivity index (χ0n) is 19.4. The van der Waals surface area contributed by atoms with Gasteiger partial charge < -0.3 is 21.2 Å². The van der Waals surface area contributed by atoms with Gasteiger partial charge in [0.25, 0.3) is 0 Å². The number of piperazine rings is 1. The van der Waals surface area contributed by atoms with E-state index in [4.69, 9.17) is 5.11 Å². The molecule has 2 aromatic carbocycles. The van der Waals surface area contributed by atoms with E-state index in [0.29, 0.717) is 29.2 Å². The predicted octanol–water partition coefficient (Wildman–Crippen LogP) is 2.36. The number of nitrogens with zero attached hydrogens (tertiary/aromatic N) is 4. The molecule has 1 aliphatic rings. The van der Waals surface area contributed by atoms with Gasteiger partial charge in [-0.1, -0.05) is 24.3 Å². The van der Waals surface area contributed by atoms with Crippen LogP contribution < -0.4 is 16.1 Å². The molecule has 0 unspecified atom stereocenters. The Bertz CT molecular complexity index is 1200. The van der Waals surface area contributed by atoms with Gasteiger partial charge in [-0.3, -0.25) is 9.69 Å². The summed E-state index contributed by atoms with van der Waals surface area (Å²) in [7, 11) is 1.64. The number of hydrogen-bond donors (Lipinski definition) is 4. The van der Waals surface area contributed by atoms with E-state index in [0.717, 1.165) is 38.4 Å². The molecular weight excluding hydrogens is 446 g/mol. The van der Waals surface area contributed by atoms with E-state index in [1.165, 1.54) is 23.9 Å². The third-order valence-electron chi connectivity index (χ3n) is 5.63. The molecule has 0 amide bonds. The number of benzene rings is 2. The second-order valence-electron chi connectivity index (χ2n) is 8.02. The van der Waals surface area contributed by atoms with Crippen LogP contribution in [0.3, 0.4) is 0 Å². The number of aromatic nitrogens is 2. The molecule has 3 aromatic rings. The Labute approximate surface area is 203 Å². The van der Waals surface area contributed by atoms with Crippen molar-refractivity contribution in [2.24, 2.45) is 5.10 Å². The van der Waals surface area contributed by atoms with Crippen LogP contribution in [0.4, 0.5) is 11.5 Å². The molecule has 0 bridgehead atoms. The molecule has 180 valence electrons. The molecule has 2 heterocycles. The van der Waals surface area contributed by atoms with Crippen LogP contribution in [-0.4, -0.2) is 71.7 Å². The number of hydrazone groups is 1. The van der Waals surface area contributed by atoms with Gasteiger partial charge in [0.2, 0.25) is 0 Å². The maximum atomic E-state index is 12.0. The summed E-state index contributed by atoms with van der Waals surface area (Å²) in [6.45, 7) is 4.94. The van der Waals surface area contributed by atoms with Crippen LogP contribution >= 0.6 is 0 Å². The second kappa shape index (κ2) is 11.3. The Morgan fingerprint density at radius 2 is 1.83 bits per heavy atom. The third-order valence-corrected chi connectivity index (χ3v) is 5.63. The summed E-state index contributed by atoms with van der Waals surface area (Å²) in [6.07, 6.45) is 2.14. The summed E-state index contributed by atoms with van der Waals surface area (Å²) in [4.78, 5) is 34.6. The first-order valence-corrected chi connectivity index (χ1v) is 11.3. The van der Waals surface area contributed by atoms with E-state index in [1.54, 1.807) is 19.2 Å². The molecule has 1 fully saturated rings. The number of aldehydes is 1. The highest BCUT2D eigenvalue weighted by Crippen LogP contribution is 2.25. The minimum atomic E-state index is -1.02. The lowest BCUT2D eigenvalue weighted by molar-refractivity contribution is 0.0696. The van der Waals surface area contributed by atoms with E-state index < -0.39 is 5.97 Å². The molecule has 0 spiro atoms. The van der Waals surface area contributed by atoms with Crippen molar-refractivity contribution in [3.63, 3.8) is 0 Å². The van der Waals surface area contributed by atoms with Crippen molar-refractivity contribution in [2.75, 3.05) is 38.5 Å². The van der Waals surface area contributed by atoms with Crippen LogP contribution in [0.1, 0.15) is 32.0 Å². The van der Waals surface area contributed by atoms with Gasteiger partial charge in [-0.15, -0.1) is 0 Å². The molecule has 4 N–H and O–H groups in total. The molecule has 0 radical (unpaired) electrons. The first kappa shape index (κ1) is 24.0. The summed E-state index contributed by atoms with van der Waals surface area (Å²) in [6, 6.07) is 14.3. The lowest BCUT2D eigenvalue weighted by Gasteiger charge is -2.27. The fourth-order valence-corrected chi connectivity index (χ4v) is 3.77. The van der Waals surface area contributed by atoms with Gasteiger partial charge in [-0.2, -0.15) is 5.10 Å². The molecule has 0 atom stereocenters. The molecular formula is C25H27N7O3. The molecule has 10 nitrogen and oxygen atoms in total. The SMILES string of the molecule is CN/N=C\c1nc(-c2ccc(C(=O)O)cc2)nc(Nc2ccc(CN3CCNCC3)cc2)c1C=O. The largest absolute Gasteiger partial charge is 0.478 e. The summed E-state index contributed by atoms with van der Waals surface area (Å²) in [5.41, 5.74) is 6.01. The Kier molecular flexibility index (Phi) is 7.76. The van der Waals surface area contributed by atoms with Crippen LogP contribution in [-0.2, 0) is 6.54 Å². The van der Waals surface area contributed by atoms with E-state index in [1.807, 2.05) is 12.1 Å². The molecule has 0 aliphatic carbocycles. The molecule has 0 saturated carbocycles. The van der Waals surface area contributed by atoms with Crippen LogP contribution in [0.15, 0.2) is 53.6 Å². The molecule has 35 heavy (non-hydrogen) atoms. The van der Waals surface area contributed by atoms with Gasteiger partial charge in [0.1, 0.15) is 5.82 Å². The van der Waals surface area contributed by atoms with Crippen LogP contribution in [0, 0.1) is 0 Å². The Hall–Kier alpha value is -4.15. The highest BCUT2D eigenvalue weighted by Gasteiger charge is 2.16. The lowest BCUT2D eigenvalue weighted by atomic mass is 10.1. The molecule has 1 saturated heterocycles. The van der Waals surface area contributed by atoms with Gasteiger partial charge in [-0.25, -0.2) is 14.8 Å². The fourth-order valence-electron chi connectivity index (χ4n) is 3.77. The second-order valence-corrected chi connectivity index (χ2v) is 8.02. The monoisotopic (exact) mass is 473 g/mol. The van der Waals surface area contributed by atoms with E-state index in [2.05, 4.69) is 48.2 Å². The van der Waals surface area contributed by atoms with Crippen molar-refractivity contribution in [2.45, 2.75) is 6.54 Å². The van der Waals surface area contributed by atoms with Gasteiger partial charge in [-0.05, 0) is 29.8 Å². The minimum Gasteiger partial charge on any atom is -0.478 e. The average Bonchev–Trinajstić information content (AvgIpc) is 2.89. The first-order chi connectivity index (χ1) is 17.1. The predicted molar refractivity (Wildman–Crippen MR) is 134 cm³/mol. The van der Waals surface area contributed by atoms with E-state index >= 15 is 0 Å². The zero-order chi connectivity index (χ0) is 24.6. The molecule has 1 aromatic heterocycles. The van der Waals surface area contributed by atoms with Gasteiger partial charge in [0.15, 0.2) is 12.1 Å². The number of nitrogens with one attached hydrogen (secondary N) is 3. The summed E-state index contributed by atoms with van der Waals surface area (Å²) in [5, 5.41) is 19.8. The van der Waals surface area contributed by atoms with Crippen molar-refractivity contribution in [3.05, 3.63) is 70.9 Å². The van der Waals surface area contributed by atoms with Crippen molar-refractivity contribution >= 4 is 30.0 Å². The molecule has 10 heteroatoms. The first-order valence-electron chi connectivity index (χ1n) is 11.3. The van der Waals surface area contributed by atoms with Crippen molar-refractivity contribution in [3.8, 4) is 11.4 Å². The third kappa shape index (κ3) is 6.05. The quantitative estimate of drug-likeness (QED) is 0.210. The number of hydrogen-bond acceptors (Lipinski definition) is 9. The minimum absolute atomic E-state index is 0.162. The highest BCUT2D eigenvalue weighted by atomic mass is 16.4. The van der Waals surface area contributed by atoms with E-state index in [-0.39, 0.29) is 11.1 Å². The Morgan fingerprint density at radius 3 is 2.46 bits per heavy atom. The number of carbonyl (C=O) groups is 2. The topological polar surface area (TPSA) is 132 Å². The smallest absolute Gasteiger partial charge is 0.335 e. The van der Waals surface area contributed by atoms with Crippen LogP contribution in [0.5, 0.6) is 0 Å². The number of carboxylic acids is 1. The normalized spacial score (nSPS) is 14.1. The Morgan fingerprint density at radius 1 is 1.11 bits per heavy atom. The van der Waals surface area contributed by atoms with Gasteiger partial charge in [0, 0.05) is 51.0 Å². The number of carbonyl (C=O) groups excluding carboxylic acids is 1. The standard InChI is InChI=1S/C25H27N7O3/c1-26-28-14-22-21(16-33)24(31-23(30-22)18-4-6-19(7-5-18)25(34)35)29-20-8-2-17(3-9-20)15-32-12-10-27-11-13-32/h2-9,14,16,26-27H,10-13,15H2,1H3,(H,34,35)(H,29,30,31)/b28-14-. The number of aromatic carboxylic acids is 1. The number of anilines is 2. The lowest BCUT2D eigenvalue weighted by Crippen LogP contribution is -2.42. The van der Waals surface area contributed by atoms with Crippen molar-refractivity contribution < 1.29 is 14.7 Å². The van der Waals surface area contributed by atoms with Crippen LogP contribution in [0.2, 0.25) is 0 Å². The van der Waals surface area contributed by atoms with Gasteiger partial charge >= 0.3 is 5.97 Å². The number of carboxylic acid groups (broad SMARTS) is 1.